The van der Waals surface area contributed by atoms with Crippen LogP contribution in [-0.4, -0.2) is 47.4 Å². The monoisotopic (exact) mass is 493 g/mol. The minimum Gasteiger partial charge on any atom is -0.395 e. The summed E-state index contributed by atoms with van der Waals surface area (Å²) in [5, 5.41) is 12.8. The number of nitrogens with one attached hydrogen (secondary N) is 2. The lowest BCUT2D eigenvalue weighted by Gasteiger charge is -2.13. The predicted octanol–water partition coefficient (Wildman–Crippen LogP) is 4.26. The number of aliphatic hydroxyl groups excluding tert-OH is 1. The fourth-order valence-corrected chi connectivity index (χ4v) is 5.26. The van der Waals surface area contributed by atoms with Gasteiger partial charge in [0.15, 0.2) is 5.82 Å². The van der Waals surface area contributed by atoms with Gasteiger partial charge in [-0.2, -0.15) is 0 Å². The van der Waals surface area contributed by atoms with Crippen LogP contribution in [0.1, 0.15) is 39.1 Å². The van der Waals surface area contributed by atoms with Crippen LogP contribution < -0.4 is 10.0 Å². The molecule has 3 rings (SSSR count). The zero-order valence-electron chi connectivity index (χ0n) is 19.0. The first-order valence-corrected chi connectivity index (χ1v) is 13.0. The van der Waals surface area contributed by atoms with Crippen LogP contribution in [0.5, 0.6) is 0 Å². The van der Waals surface area contributed by atoms with Crippen molar-refractivity contribution >= 4 is 33.0 Å². The molecule has 3 N–H and O–H groups in total. The standard InChI is InChI=1S/C22H28FN5O3S2/c1-5-13-33(30,31)28-15-8-6-7-14(17(15)23)18-19(32-20(27-18)22(2,3)4)16-9-10-24-21(26-16)25-11-12-29/h6-10,28-29H,5,11-13H2,1-4H3,(H,24,25,26). The SMILES string of the molecule is CCCS(=O)(=O)Nc1cccc(-c2nc(C(C)(C)C)sc2-c2ccnc(NCCO)n2)c1F. The molecular formula is C22H28FN5O3S2. The maximum Gasteiger partial charge on any atom is 0.232 e. The molecule has 0 unspecified atom stereocenters. The van der Waals surface area contributed by atoms with E-state index in [-0.39, 0.29) is 29.0 Å². The Balaban J connectivity index is 2.14. The second-order valence-corrected chi connectivity index (χ2v) is 11.3. The highest BCUT2D eigenvalue weighted by atomic mass is 32.2. The fourth-order valence-electron chi connectivity index (χ4n) is 3.02. The first kappa shape index (κ1) is 25.0. The predicted molar refractivity (Wildman–Crippen MR) is 131 cm³/mol. The number of hydrogen-bond donors (Lipinski definition) is 3. The highest BCUT2D eigenvalue weighted by Crippen LogP contribution is 2.41. The van der Waals surface area contributed by atoms with E-state index in [9.17, 15) is 8.42 Å². The lowest BCUT2D eigenvalue weighted by molar-refractivity contribution is 0.311. The number of halogens is 1. The van der Waals surface area contributed by atoms with E-state index in [4.69, 9.17) is 10.1 Å². The summed E-state index contributed by atoms with van der Waals surface area (Å²) in [6.07, 6.45) is 2.00. The molecule has 2 heterocycles. The Hall–Kier alpha value is -2.63. The average Bonchev–Trinajstić information content (AvgIpc) is 3.19. The molecule has 0 atom stereocenters. The molecule has 0 bridgehead atoms. The van der Waals surface area contributed by atoms with E-state index >= 15 is 4.39 Å². The Morgan fingerprint density at radius 3 is 2.61 bits per heavy atom. The molecule has 2 aromatic heterocycles. The maximum atomic E-state index is 15.5. The second kappa shape index (κ2) is 10.1. The van der Waals surface area contributed by atoms with Gasteiger partial charge in [-0.05, 0) is 24.6 Å². The zero-order chi connectivity index (χ0) is 24.2. The Morgan fingerprint density at radius 2 is 1.94 bits per heavy atom. The summed E-state index contributed by atoms with van der Waals surface area (Å²) in [5.41, 5.74) is 0.692. The molecule has 0 fully saturated rings. The van der Waals surface area contributed by atoms with Gasteiger partial charge < -0.3 is 10.4 Å². The lowest BCUT2D eigenvalue weighted by atomic mass is 9.98. The Bertz CT molecular complexity index is 1220. The highest BCUT2D eigenvalue weighted by Gasteiger charge is 2.26. The van der Waals surface area contributed by atoms with Gasteiger partial charge in [0.1, 0.15) is 0 Å². The highest BCUT2D eigenvalue weighted by molar-refractivity contribution is 7.92. The molecule has 11 heteroatoms. The van der Waals surface area contributed by atoms with E-state index in [2.05, 4.69) is 20.0 Å². The third-order valence-electron chi connectivity index (χ3n) is 4.54. The molecular weight excluding hydrogens is 465 g/mol. The van der Waals surface area contributed by atoms with Gasteiger partial charge in [-0.1, -0.05) is 33.8 Å². The largest absolute Gasteiger partial charge is 0.395 e. The summed E-state index contributed by atoms with van der Waals surface area (Å²) in [5.74, 6) is -0.464. The van der Waals surface area contributed by atoms with Gasteiger partial charge in [-0.3, -0.25) is 4.72 Å². The van der Waals surface area contributed by atoms with Crippen molar-refractivity contribution in [1.29, 1.82) is 0 Å². The number of rotatable bonds is 9. The van der Waals surface area contributed by atoms with Crippen LogP contribution >= 0.6 is 11.3 Å². The number of anilines is 2. The minimum atomic E-state index is -3.66. The molecule has 0 saturated heterocycles. The summed E-state index contributed by atoms with van der Waals surface area (Å²) in [4.78, 5) is 14.0. The number of nitrogens with zero attached hydrogens (tertiary/aromatic N) is 3. The van der Waals surface area contributed by atoms with E-state index in [0.717, 1.165) is 5.01 Å². The fraction of sp³-hybridized carbons (Fsp3) is 0.409. The van der Waals surface area contributed by atoms with E-state index in [1.807, 2.05) is 20.8 Å². The van der Waals surface area contributed by atoms with Gasteiger partial charge in [-0.15, -0.1) is 11.3 Å². The molecule has 33 heavy (non-hydrogen) atoms. The molecule has 1 aromatic carbocycles. The topological polar surface area (TPSA) is 117 Å². The first-order chi connectivity index (χ1) is 15.6. The smallest absolute Gasteiger partial charge is 0.232 e. The Kier molecular flexibility index (Phi) is 7.65. The van der Waals surface area contributed by atoms with Crippen molar-refractivity contribution in [3.05, 3.63) is 41.3 Å². The molecule has 3 aromatic rings. The number of thiazole rings is 1. The van der Waals surface area contributed by atoms with Crippen LogP contribution in [0.2, 0.25) is 0 Å². The van der Waals surface area contributed by atoms with Crippen molar-refractivity contribution in [2.75, 3.05) is 28.9 Å². The van der Waals surface area contributed by atoms with E-state index in [0.29, 0.717) is 35.2 Å². The number of aliphatic hydroxyl groups is 1. The van der Waals surface area contributed by atoms with Crippen LogP contribution in [0.25, 0.3) is 21.8 Å². The molecule has 0 aliphatic rings. The summed E-state index contributed by atoms with van der Waals surface area (Å²) in [6, 6.07) is 6.27. The molecule has 0 aliphatic heterocycles. The van der Waals surface area contributed by atoms with Gasteiger partial charge in [0.25, 0.3) is 0 Å². The summed E-state index contributed by atoms with van der Waals surface area (Å²) in [6.45, 7) is 8.01. The summed E-state index contributed by atoms with van der Waals surface area (Å²) in [7, 11) is -3.66. The quantitative estimate of drug-likeness (QED) is 0.408. The maximum absolute atomic E-state index is 15.5. The number of aromatic nitrogens is 3. The van der Waals surface area contributed by atoms with Gasteiger partial charge in [0.05, 0.1) is 39.3 Å². The molecule has 0 radical (unpaired) electrons. The number of benzene rings is 1. The van der Waals surface area contributed by atoms with Gasteiger partial charge in [0, 0.05) is 23.7 Å². The molecule has 0 amide bonds. The molecule has 178 valence electrons. The van der Waals surface area contributed by atoms with Crippen molar-refractivity contribution in [2.24, 2.45) is 0 Å². The number of hydrogen-bond acceptors (Lipinski definition) is 8. The zero-order valence-corrected chi connectivity index (χ0v) is 20.6. The van der Waals surface area contributed by atoms with Crippen LogP contribution in [0, 0.1) is 5.82 Å². The van der Waals surface area contributed by atoms with Crippen LogP contribution in [0.15, 0.2) is 30.5 Å². The molecule has 0 saturated carbocycles. The molecule has 0 aliphatic carbocycles. The van der Waals surface area contributed by atoms with Crippen molar-refractivity contribution in [3.8, 4) is 21.8 Å². The molecule has 0 spiro atoms. The van der Waals surface area contributed by atoms with Gasteiger partial charge in [0.2, 0.25) is 16.0 Å². The van der Waals surface area contributed by atoms with Crippen molar-refractivity contribution in [2.45, 2.75) is 39.5 Å². The Labute approximate surface area is 197 Å². The van der Waals surface area contributed by atoms with Crippen molar-refractivity contribution < 1.29 is 17.9 Å². The average molecular weight is 494 g/mol. The van der Waals surface area contributed by atoms with Crippen LogP contribution in [0.4, 0.5) is 16.0 Å². The van der Waals surface area contributed by atoms with Crippen molar-refractivity contribution in [3.63, 3.8) is 0 Å². The normalized spacial score (nSPS) is 12.1. The number of sulfonamides is 1. The Morgan fingerprint density at radius 1 is 1.18 bits per heavy atom. The summed E-state index contributed by atoms with van der Waals surface area (Å²) < 4.78 is 42.3. The van der Waals surface area contributed by atoms with Crippen molar-refractivity contribution in [1.82, 2.24) is 15.0 Å². The molecule has 8 nitrogen and oxygen atoms in total. The minimum absolute atomic E-state index is 0.0699. The van der Waals surface area contributed by atoms with Crippen LogP contribution in [-0.2, 0) is 15.4 Å². The van der Waals surface area contributed by atoms with Crippen LogP contribution in [0.3, 0.4) is 0 Å². The van der Waals surface area contributed by atoms with Gasteiger partial charge >= 0.3 is 0 Å². The van der Waals surface area contributed by atoms with Gasteiger partial charge in [-0.25, -0.2) is 27.8 Å². The first-order valence-electron chi connectivity index (χ1n) is 10.5. The second-order valence-electron chi connectivity index (χ2n) is 8.45. The lowest BCUT2D eigenvalue weighted by Crippen LogP contribution is -2.17. The van der Waals surface area contributed by atoms with E-state index in [1.165, 1.54) is 17.4 Å². The third-order valence-corrected chi connectivity index (χ3v) is 7.52. The van der Waals surface area contributed by atoms with E-state index < -0.39 is 15.8 Å². The van der Waals surface area contributed by atoms with E-state index in [1.54, 1.807) is 31.3 Å². The summed E-state index contributed by atoms with van der Waals surface area (Å²) >= 11 is 1.40. The third kappa shape index (κ3) is 6.04.